The van der Waals surface area contributed by atoms with Gasteiger partial charge in [0.2, 0.25) is 5.13 Å². The molecule has 1 heterocycles. The molecule has 2 rings (SSSR count). The van der Waals surface area contributed by atoms with Gasteiger partial charge in [-0.3, -0.25) is 10.1 Å². The van der Waals surface area contributed by atoms with Crippen molar-refractivity contribution in [3.63, 3.8) is 0 Å². The topological polar surface area (TPSA) is 54.9 Å². The van der Waals surface area contributed by atoms with Gasteiger partial charge in [0, 0.05) is 11.5 Å². The van der Waals surface area contributed by atoms with Crippen molar-refractivity contribution < 1.29 is 4.79 Å². The standard InChI is InChI=1S/C16H19Cl2N3OS/c1-3-5-6-10(4-2)15-20-21-16(23-15)19-14(22)11-7-8-12(17)13(18)9-11/h7-10H,3-6H2,1-2H3,(H,19,21,22). The highest BCUT2D eigenvalue weighted by molar-refractivity contribution is 7.15. The van der Waals surface area contributed by atoms with Crippen molar-refractivity contribution in [3.05, 3.63) is 38.8 Å². The molecule has 124 valence electrons. The van der Waals surface area contributed by atoms with E-state index in [9.17, 15) is 4.79 Å². The molecule has 0 fully saturated rings. The number of amides is 1. The molecule has 1 amide bonds. The number of hydrogen-bond acceptors (Lipinski definition) is 4. The normalized spacial score (nSPS) is 12.2. The lowest BCUT2D eigenvalue weighted by atomic mass is 10.0. The number of unbranched alkanes of at least 4 members (excludes halogenated alkanes) is 1. The summed E-state index contributed by atoms with van der Waals surface area (Å²) in [6.45, 7) is 4.32. The van der Waals surface area contributed by atoms with Gasteiger partial charge in [0.25, 0.3) is 5.91 Å². The Bertz CT molecular complexity index is 675. The molecule has 1 aromatic carbocycles. The Hall–Kier alpha value is -1.17. The van der Waals surface area contributed by atoms with Gasteiger partial charge >= 0.3 is 0 Å². The molecule has 0 aliphatic carbocycles. The summed E-state index contributed by atoms with van der Waals surface area (Å²) in [6, 6.07) is 4.76. The number of nitrogens with one attached hydrogen (secondary N) is 1. The van der Waals surface area contributed by atoms with Crippen molar-refractivity contribution in [3.8, 4) is 0 Å². The molecule has 1 N–H and O–H groups in total. The maximum absolute atomic E-state index is 12.2. The van der Waals surface area contributed by atoms with Gasteiger partial charge in [0.15, 0.2) is 0 Å². The number of carbonyl (C=O) groups is 1. The maximum atomic E-state index is 12.2. The lowest BCUT2D eigenvalue weighted by molar-refractivity contribution is 0.102. The molecule has 0 saturated carbocycles. The zero-order chi connectivity index (χ0) is 16.8. The van der Waals surface area contributed by atoms with Crippen molar-refractivity contribution in [2.75, 3.05) is 5.32 Å². The van der Waals surface area contributed by atoms with Crippen LogP contribution in [-0.4, -0.2) is 16.1 Å². The number of aromatic nitrogens is 2. The average Bonchev–Trinajstić information content (AvgIpc) is 2.99. The number of halogens is 2. The number of anilines is 1. The molecule has 7 heteroatoms. The van der Waals surface area contributed by atoms with Crippen LogP contribution in [0.15, 0.2) is 18.2 Å². The minimum atomic E-state index is -0.270. The fourth-order valence-electron chi connectivity index (χ4n) is 2.21. The molecule has 0 radical (unpaired) electrons. The first-order chi connectivity index (χ1) is 11.0. The minimum Gasteiger partial charge on any atom is -0.296 e. The molecule has 1 atom stereocenters. The van der Waals surface area contributed by atoms with E-state index in [1.165, 1.54) is 23.8 Å². The third-order valence-electron chi connectivity index (χ3n) is 3.59. The van der Waals surface area contributed by atoms with E-state index in [0.717, 1.165) is 24.3 Å². The van der Waals surface area contributed by atoms with Gasteiger partial charge in [-0.15, -0.1) is 10.2 Å². The Labute approximate surface area is 150 Å². The average molecular weight is 372 g/mol. The van der Waals surface area contributed by atoms with Gasteiger partial charge in [-0.25, -0.2) is 0 Å². The van der Waals surface area contributed by atoms with Crippen LogP contribution < -0.4 is 5.32 Å². The molecule has 0 aliphatic heterocycles. The second-order valence-corrected chi connectivity index (χ2v) is 7.10. The highest BCUT2D eigenvalue weighted by Crippen LogP contribution is 2.30. The number of benzene rings is 1. The van der Waals surface area contributed by atoms with E-state index >= 15 is 0 Å². The summed E-state index contributed by atoms with van der Waals surface area (Å²) in [7, 11) is 0. The van der Waals surface area contributed by atoms with Gasteiger partial charge in [-0.2, -0.15) is 0 Å². The second-order valence-electron chi connectivity index (χ2n) is 5.28. The Morgan fingerprint density at radius 1 is 1.26 bits per heavy atom. The Balaban J connectivity index is 2.05. The van der Waals surface area contributed by atoms with Crippen LogP contribution in [0.4, 0.5) is 5.13 Å². The van der Waals surface area contributed by atoms with Gasteiger partial charge < -0.3 is 0 Å². The summed E-state index contributed by atoms with van der Waals surface area (Å²) < 4.78 is 0. The molecule has 0 saturated heterocycles. The zero-order valence-electron chi connectivity index (χ0n) is 13.1. The zero-order valence-corrected chi connectivity index (χ0v) is 15.4. The number of nitrogens with zero attached hydrogens (tertiary/aromatic N) is 2. The van der Waals surface area contributed by atoms with Crippen molar-refractivity contribution in [2.24, 2.45) is 0 Å². The van der Waals surface area contributed by atoms with E-state index in [2.05, 4.69) is 29.4 Å². The lowest BCUT2D eigenvalue weighted by Gasteiger charge is -2.09. The molecule has 0 aliphatic rings. The molecule has 23 heavy (non-hydrogen) atoms. The summed E-state index contributed by atoms with van der Waals surface area (Å²) in [4.78, 5) is 12.2. The van der Waals surface area contributed by atoms with Crippen LogP contribution in [0, 0.1) is 0 Å². The van der Waals surface area contributed by atoms with Gasteiger partial charge in [0.1, 0.15) is 5.01 Å². The van der Waals surface area contributed by atoms with Gasteiger partial charge in [-0.05, 0) is 31.0 Å². The summed E-state index contributed by atoms with van der Waals surface area (Å²) in [5.41, 5.74) is 0.439. The van der Waals surface area contributed by atoms with Crippen LogP contribution in [0.2, 0.25) is 10.0 Å². The van der Waals surface area contributed by atoms with Crippen LogP contribution >= 0.6 is 34.5 Å². The van der Waals surface area contributed by atoms with E-state index in [-0.39, 0.29) is 5.91 Å². The molecule has 2 aromatic rings. The SMILES string of the molecule is CCCCC(CC)c1nnc(NC(=O)c2ccc(Cl)c(Cl)c2)s1. The lowest BCUT2D eigenvalue weighted by Crippen LogP contribution is -2.11. The first-order valence-electron chi connectivity index (χ1n) is 7.64. The highest BCUT2D eigenvalue weighted by atomic mass is 35.5. The predicted octanol–water partition coefficient (Wildman–Crippen LogP) is 5.78. The Morgan fingerprint density at radius 2 is 2.04 bits per heavy atom. The molecule has 0 spiro atoms. The van der Waals surface area contributed by atoms with Crippen LogP contribution in [-0.2, 0) is 0 Å². The summed E-state index contributed by atoms with van der Waals surface area (Å²) in [5.74, 6) is 0.135. The quantitative estimate of drug-likeness (QED) is 0.670. The first kappa shape index (κ1) is 18.2. The van der Waals surface area contributed by atoms with Crippen LogP contribution in [0.5, 0.6) is 0 Å². The molecular formula is C16H19Cl2N3OS. The first-order valence-corrected chi connectivity index (χ1v) is 9.22. The predicted molar refractivity (Wildman–Crippen MR) is 96.9 cm³/mol. The van der Waals surface area contributed by atoms with Gasteiger partial charge in [0.05, 0.1) is 10.0 Å². The van der Waals surface area contributed by atoms with Crippen LogP contribution in [0.3, 0.4) is 0 Å². The van der Waals surface area contributed by atoms with E-state index in [1.54, 1.807) is 12.1 Å². The number of rotatable bonds is 7. The fraction of sp³-hybridized carbons (Fsp3) is 0.438. The number of hydrogen-bond donors (Lipinski definition) is 1. The molecule has 4 nitrogen and oxygen atoms in total. The molecule has 1 aromatic heterocycles. The summed E-state index contributed by atoms with van der Waals surface area (Å²) >= 11 is 13.2. The van der Waals surface area contributed by atoms with Gasteiger partial charge in [-0.1, -0.05) is 61.2 Å². The van der Waals surface area contributed by atoms with E-state index in [1.807, 2.05) is 0 Å². The third kappa shape index (κ3) is 4.90. The van der Waals surface area contributed by atoms with E-state index in [0.29, 0.717) is 26.7 Å². The molecular weight excluding hydrogens is 353 g/mol. The Kier molecular flexibility index (Phi) is 6.81. The van der Waals surface area contributed by atoms with Crippen LogP contribution in [0.25, 0.3) is 0 Å². The second kappa shape index (κ2) is 8.62. The van der Waals surface area contributed by atoms with E-state index in [4.69, 9.17) is 23.2 Å². The van der Waals surface area contributed by atoms with Crippen molar-refractivity contribution in [1.82, 2.24) is 10.2 Å². The highest BCUT2D eigenvalue weighted by Gasteiger charge is 2.16. The fourth-order valence-corrected chi connectivity index (χ4v) is 3.46. The van der Waals surface area contributed by atoms with Crippen molar-refractivity contribution in [1.29, 1.82) is 0 Å². The van der Waals surface area contributed by atoms with Crippen molar-refractivity contribution in [2.45, 2.75) is 45.4 Å². The Morgan fingerprint density at radius 3 is 2.70 bits per heavy atom. The smallest absolute Gasteiger partial charge is 0.257 e. The largest absolute Gasteiger partial charge is 0.296 e. The minimum absolute atomic E-state index is 0.270. The summed E-state index contributed by atoms with van der Waals surface area (Å²) in [5, 5.41) is 13.3. The van der Waals surface area contributed by atoms with E-state index < -0.39 is 0 Å². The van der Waals surface area contributed by atoms with Crippen LogP contribution in [0.1, 0.15) is 60.8 Å². The maximum Gasteiger partial charge on any atom is 0.257 e. The molecule has 0 bridgehead atoms. The summed E-state index contributed by atoms with van der Waals surface area (Å²) in [6.07, 6.45) is 4.46. The van der Waals surface area contributed by atoms with Crippen molar-refractivity contribution >= 4 is 45.6 Å². The monoisotopic (exact) mass is 371 g/mol. The molecule has 1 unspecified atom stereocenters. The number of carbonyl (C=O) groups excluding carboxylic acids is 1. The third-order valence-corrected chi connectivity index (χ3v) is 5.33.